The van der Waals surface area contributed by atoms with E-state index in [-0.39, 0.29) is 23.8 Å². The normalized spacial score (nSPS) is 16.8. The van der Waals surface area contributed by atoms with Crippen molar-refractivity contribution in [3.05, 3.63) is 45.4 Å². The van der Waals surface area contributed by atoms with Gasteiger partial charge >= 0.3 is 5.97 Å². The Morgan fingerprint density at radius 1 is 1.41 bits per heavy atom. The van der Waals surface area contributed by atoms with Gasteiger partial charge in [0.05, 0.1) is 22.6 Å². The lowest BCUT2D eigenvalue weighted by molar-refractivity contribution is -0.149. The van der Waals surface area contributed by atoms with E-state index >= 15 is 0 Å². The van der Waals surface area contributed by atoms with Crippen LogP contribution >= 0.6 is 11.3 Å². The molecule has 116 valence electrons. The van der Waals surface area contributed by atoms with Gasteiger partial charge in [0, 0.05) is 12.2 Å². The summed E-state index contributed by atoms with van der Waals surface area (Å²) < 4.78 is 7.33. The molecule has 0 saturated heterocycles. The van der Waals surface area contributed by atoms with Crippen molar-refractivity contribution in [1.29, 1.82) is 0 Å². The number of carbonyl (C=O) groups excluding carboxylic acids is 2. The van der Waals surface area contributed by atoms with Crippen LogP contribution in [0.3, 0.4) is 0 Å². The molecule has 0 aromatic carbocycles. The first-order valence-corrected chi connectivity index (χ1v) is 8.35. The van der Waals surface area contributed by atoms with Crippen molar-refractivity contribution < 1.29 is 14.3 Å². The Balaban J connectivity index is 1.94. The standard InChI is InChI=1S/C17H19NO3S/c1-10(2)21-17(20)12-6-7-18-13(12)9-11(3)15(18)16(19)14-5-4-8-22-14/h4-5,8-10,12H,6-7H2,1-3H3. The zero-order valence-corrected chi connectivity index (χ0v) is 13.8. The van der Waals surface area contributed by atoms with Gasteiger partial charge in [0.1, 0.15) is 0 Å². The highest BCUT2D eigenvalue weighted by Crippen LogP contribution is 2.35. The molecular formula is C17H19NO3S. The molecule has 1 unspecified atom stereocenters. The van der Waals surface area contributed by atoms with Crippen LogP contribution in [0.25, 0.3) is 0 Å². The quantitative estimate of drug-likeness (QED) is 0.640. The first-order chi connectivity index (χ1) is 10.5. The fourth-order valence-corrected chi connectivity index (χ4v) is 3.69. The predicted octanol–water partition coefficient (Wildman–Crippen LogP) is 3.53. The first kappa shape index (κ1) is 15.0. The molecule has 0 spiro atoms. The Morgan fingerprint density at radius 3 is 2.82 bits per heavy atom. The zero-order chi connectivity index (χ0) is 15.9. The molecule has 4 nitrogen and oxygen atoms in total. The van der Waals surface area contributed by atoms with Gasteiger partial charge in [-0.15, -0.1) is 11.3 Å². The molecule has 0 fully saturated rings. The van der Waals surface area contributed by atoms with Crippen LogP contribution in [0.2, 0.25) is 0 Å². The third-order valence-corrected chi connectivity index (χ3v) is 4.78. The monoisotopic (exact) mass is 317 g/mol. The van der Waals surface area contributed by atoms with Crippen molar-refractivity contribution in [3.8, 4) is 0 Å². The molecule has 0 aliphatic carbocycles. The number of carbonyl (C=O) groups is 2. The minimum absolute atomic E-state index is 0.0385. The van der Waals surface area contributed by atoms with E-state index in [2.05, 4.69) is 0 Å². The van der Waals surface area contributed by atoms with Crippen LogP contribution in [0.4, 0.5) is 0 Å². The van der Waals surface area contributed by atoms with Crippen molar-refractivity contribution >= 4 is 23.1 Å². The van der Waals surface area contributed by atoms with E-state index in [9.17, 15) is 9.59 Å². The third-order valence-electron chi connectivity index (χ3n) is 3.91. The molecular weight excluding hydrogens is 298 g/mol. The number of hydrogen-bond acceptors (Lipinski definition) is 4. The van der Waals surface area contributed by atoms with Gasteiger partial charge in [-0.25, -0.2) is 0 Å². The average Bonchev–Trinajstić information content (AvgIpc) is 3.11. The topological polar surface area (TPSA) is 48.3 Å². The fourth-order valence-electron chi connectivity index (χ4n) is 3.02. The number of thiophene rings is 1. The molecule has 0 amide bonds. The highest BCUT2D eigenvalue weighted by Gasteiger charge is 2.34. The summed E-state index contributed by atoms with van der Waals surface area (Å²) in [4.78, 5) is 25.6. The molecule has 1 atom stereocenters. The van der Waals surface area contributed by atoms with E-state index in [0.717, 1.165) is 16.1 Å². The van der Waals surface area contributed by atoms with Gasteiger partial charge in [0.25, 0.3) is 0 Å². The summed E-state index contributed by atoms with van der Waals surface area (Å²) in [7, 11) is 0. The molecule has 3 heterocycles. The van der Waals surface area contributed by atoms with Crippen molar-refractivity contribution in [2.75, 3.05) is 0 Å². The Kier molecular flexibility index (Phi) is 3.91. The number of nitrogens with zero attached hydrogens (tertiary/aromatic N) is 1. The van der Waals surface area contributed by atoms with Gasteiger partial charge in [-0.05, 0) is 50.3 Å². The van der Waals surface area contributed by atoms with Gasteiger partial charge < -0.3 is 9.30 Å². The first-order valence-electron chi connectivity index (χ1n) is 7.47. The van der Waals surface area contributed by atoms with Crippen LogP contribution in [0.5, 0.6) is 0 Å². The lowest BCUT2D eigenvalue weighted by atomic mass is 10.0. The number of ketones is 1. The molecule has 3 rings (SSSR count). The molecule has 0 bridgehead atoms. The van der Waals surface area contributed by atoms with Crippen LogP contribution in [0.1, 0.15) is 52.8 Å². The average molecular weight is 317 g/mol. The number of ether oxygens (including phenoxy) is 1. The van der Waals surface area contributed by atoms with Crippen molar-refractivity contribution in [3.63, 3.8) is 0 Å². The molecule has 1 aliphatic rings. The Labute approximate surface area is 133 Å². The van der Waals surface area contributed by atoms with E-state index in [1.807, 2.05) is 48.9 Å². The van der Waals surface area contributed by atoms with Crippen LogP contribution in [0, 0.1) is 6.92 Å². The van der Waals surface area contributed by atoms with Gasteiger partial charge in [0.15, 0.2) is 0 Å². The molecule has 1 aliphatic heterocycles. The van der Waals surface area contributed by atoms with Crippen LogP contribution in [-0.2, 0) is 16.1 Å². The summed E-state index contributed by atoms with van der Waals surface area (Å²) in [6.07, 6.45) is 0.580. The number of aryl methyl sites for hydroxylation is 1. The molecule has 22 heavy (non-hydrogen) atoms. The van der Waals surface area contributed by atoms with Crippen molar-refractivity contribution in [2.45, 2.75) is 45.8 Å². The largest absolute Gasteiger partial charge is 0.462 e. The van der Waals surface area contributed by atoms with Gasteiger partial charge in [-0.1, -0.05) is 6.07 Å². The summed E-state index contributed by atoms with van der Waals surface area (Å²) >= 11 is 1.44. The van der Waals surface area contributed by atoms with Crippen molar-refractivity contribution in [1.82, 2.24) is 4.57 Å². The number of rotatable bonds is 4. The SMILES string of the molecule is Cc1cc2n(c1C(=O)c1cccs1)CCC2C(=O)OC(C)C. The number of esters is 1. The highest BCUT2D eigenvalue weighted by atomic mass is 32.1. The zero-order valence-electron chi connectivity index (χ0n) is 13.0. The Morgan fingerprint density at radius 2 is 2.18 bits per heavy atom. The van der Waals surface area contributed by atoms with E-state index in [0.29, 0.717) is 18.7 Å². The van der Waals surface area contributed by atoms with Crippen LogP contribution in [-0.4, -0.2) is 22.4 Å². The summed E-state index contributed by atoms with van der Waals surface area (Å²) in [6.45, 7) is 6.32. The molecule has 2 aromatic rings. The van der Waals surface area contributed by atoms with E-state index < -0.39 is 0 Å². The minimum Gasteiger partial charge on any atom is -0.462 e. The predicted molar refractivity (Wildman–Crippen MR) is 85.5 cm³/mol. The van der Waals surface area contributed by atoms with Gasteiger partial charge in [-0.2, -0.15) is 0 Å². The summed E-state index contributed by atoms with van der Waals surface area (Å²) in [5.74, 6) is -0.413. The number of fused-ring (bicyclic) bond motifs is 1. The van der Waals surface area contributed by atoms with E-state index in [1.165, 1.54) is 11.3 Å². The van der Waals surface area contributed by atoms with Crippen LogP contribution in [0.15, 0.2) is 23.6 Å². The van der Waals surface area contributed by atoms with E-state index in [1.54, 1.807) is 0 Å². The minimum atomic E-state index is -0.258. The number of aromatic nitrogens is 1. The summed E-state index contributed by atoms with van der Waals surface area (Å²) in [6, 6.07) is 5.68. The van der Waals surface area contributed by atoms with Gasteiger partial charge in [-0.3, -0.25) is 9.59 Å². The lowest BCUT2D eigenvalue weighted by Crippen LogP contribution is -2.18. The molecule has 5 heteroatoms. The Hall–Kier alpha value is -1.88. The molecule has 0 saturated carbocycles. The molecule has 0 N–H and O–H groups in total. The molecule has 2 aromatic heterocycles. The highest BCUT2D eigenvalue weighted by molar-refractivity contribution is 7.12. The maximum atomic E-state index is 12.7. The Bertz CT molecular complexity index is 713. The van der Waals surface area contributed by atoms with E-state index in [4.69, 9.17) is 4.74 Å². The fraction of sp³-hybridized carbons (Fsp3) is 0.412. The second kappa shape index (κ2) is 5.72. The second-order valence-corrected chi connectivity index (χ2v) is 6.83. The third kappa shape index (κ3) is 2.50. The summed E-state index contributed by atoms with van der Waals surface area (Å²) in [5.41, 5.74) is 2.54. The smallest absolute Gasteiger partial charge is 0.315 e. The summed E-state index contributed by atoms with van der Waals surface area (Å²) in [5, 5.41) is 1.90. The van der Waals surface area contributed by atoms with Crippen LogP contribution < -0.4 is 0 Å². The number of hydrogen-bond donors (Lipinski definition) is 0. The lowest BCUT2D eigenvalue weighted by Gasteiger charge is -2.12. The van der Waals surface area contributed by atoms with Crippen molar-refractivity contribution in [2.24, 2.45) is 0 Å². The maximum absolute atomic E-state index is 12.7. The van der Waals surface area contributed by atoms with Gasteiger partial charge in [0.2, 0.25) is 5.78 Å². The second-order valence-electron chi connectivity index (χ2n) is 5.89. The molecule has 0 radical (unpaired) electrons. The maximum Gasteiger partial charge on any atom is 0.315 e.